The second-order valence-corrected chi connectivity index (χ2v) is 7.80. The van der Waals surface area contributed by atoms with Gasteiger partial charge < -0.3 is 20.5 Å². The van der Waals surface area contributed by atoms with Gasteiger partial charge in [-0.15, -0.1) is 0 Å². The Kier molecular flexibility index (Phi) is 5.77. The Morgan fingerprint density at radius 1 is 1.39 bits per heavy atom. The second-order valence-electron chi connectivity index (χ2n) is 7.80. The summed E-state index contributed by atoms with van der Waals surface area (Å²) in [5, 5.41) is 3.93. The lowest BCUT2D eigenvalue weighted by Gasteiger charge is -2.17. The molecule has 1 aliphatic heterocycles. The normalized spacial score (nSPS) is 17.1. The summed E-state index contributed by atoms with van der Waals surface area (Å²) in [7, 11) is 1.65. The molecule has 31 heavy (non-hydrogen) atoms. The lowest BCUT2D eigenvalue weighted by Crippen LogP contribution is -2.25. The average Bonchev–Trinajstić information content (AvgIpc) is 3.25. The molecule has 4 rings (SSSR count). The first-order chi connectivity index (χ1) is 14.8. The van der Waals surface area contributed by atoms with Crippen molar-refractivity contribution < 1.29 is 13.9 Å². The molecule has 2 unspecified atom stereocenters. The smallest absolute Gasteiger partial charge is 0.294 e. The lowest BCUT2D eigenvalue weighted by molar-refractivity contribution is 0.140. The Morgan fingerprint density at radius 2 is 2.19 bits per heavy atom. The highest BCUT2D eigenvalue weighted by Crippen LogP contribution is 2.28. The molecule has 2 atom stereocenters. The molecule has 1 fully saturated rings. The van der Waals surface area contributed by atoms with E-state index < -0.39 is 6.17 Å². The number of pyridine rings is 1. The van der Waals surface area contributed by atoms with Gasteiger partial charge in [-0.25, -0.2) is 14.4 Å². The molecule has 0 amide bonds. The summed E-state index contributed by atoms with van der Waals surface area (Å²) < 4.78 is 26.6. The van der Waals surface area contributed by atoms with Gasteiger partial charge in [-0.05, 0) is 42.7 Å². The van der Waals surface area contributed by atoms with Gasteiger partial charge in [0.25, 0.3) is 5.56 Å². The number of aromatic nitrogens is 3. The van der Waals surface area contributed by atoms with Crippen LogP contribution < -0.4 is 21.3 Å². The minimum absolute atomic E-state index is 0.151. The number of fused-ring (bicyclic) bond motifs is 1. The third-order valence-electron chi connectivity index (χ3n) is 5.61. The number of hydrogen-bond donors (Lipinski definition) is 2. The second kappa shape index (κ2) is 8.50. The highest BCUT2D eigenvalue weighted by atomic mass is 19.1. The molecule has 1 saturated heterocycles. The SMILES string of the molecule is Cc1c(CNc2ncnc3c2cc(OC2CCOC2)c(=O)n3C)cc(N)cc1C(C)F. The molecule has 1 aromatic carbocycles. The number of benzene rings is 1. The van der Waals surface area contributed by atoms with Crippen LogP contribution in [0.25, 0.3) is 11.0 Å². The predicted molar refractivity (Wildman–Crippen MR) is 117 cm³/mol. The van der Waals surface area contributed by atoms with Crippen LogP contribution in [0.3, 0.4) is 0 Å². The van der Waals surface area contributed by atoms with E-state index in [1.54, 1.807) is 19.2 Å². The van der Waals surface area contributed by atoms with Gasteiger partial charge in [0.05, 0.1) is 18.6 Å². The summed E-state index contributed by atoms with van der Waals surface area (Å²) >= 11 is 0. The average molecular weight is 427 g/mol. The first-order valence-corrected chi connectivity index (χ1v) is 10.2. The van der Waals surface area contributed by atoms with Gasteiger partial charge in [0, 0.05) is 31.8 Å². The summed E-state index contributed by atoms with van der Waals surface area (Å²) in [4.78, 5) is 21.3. The predicted octanol–water partition coefficient (Wildman–Crippen LogP) is 3.03. The molecule has 2 aromatic heterocycles. The number of nitrogens with one attached hydrogen (secondary N) is 1. The molecule has 9 heteroatoms. The zero-order chi connectivity index (χ0) is 22.1. The fraction of sp³-hybridized carbons (Fsp3) is 0.409. The van der Waals surface area contributed by atoms with Crippen molar-refractivity contribution in [2.75, 3.05) is 24.3 Å². The van der Waals surface area contributed by atoms with E-state index in [1.807, 2.05) is 13.0 Å². The molecule has 3 N–H and O–H groups in total. The van der Waals surface area contributed by atoms with Crippen LogP contribution >= 0.6 is 0 Å². The van der Waals surface area contributed by atoms with Gasteiger partial charge in [-0.2, -0.15) is 0 Å². The van der Waals surface area contributed by atoms with Crippen LogP contribution in [-0.2, 0) is 18.3 Å². The third-order valence-corrected chi connectivity index (χ3v) is 5.61. The first kappa shape index (κ1) is 21.0. The number of aryl methyl sites for hydroxylation is 1. The van der Waals surface area contributed by atoms with Gasteiger partial charge in [-0.3, -0.25) is 9.36 Å². The molecule has 0 spiro atoms. The Balaban J connectivity index is 1.68. The number of nitrogens with two attached hydrogens (primary N) is 1. The van der Waals surface area contributed by atoms with Crippen molar-refractivity contribution in [1.29, 1.82) is 0 Å². The number of nitrogens with zero attached hydrogens (tertiary/aromatic N) is 3. The quantitative estimate of drug-likeness (QED) is 0.583. The Bertz CT molecular complexity index is 1170. The molecule has 0 bridgehead atoms. The number of rotatable bonds is 6. The van der Waals surface area contributed by atoms with Gasteiger partial charge in [0.1, 0.15) is 30.1 Å². The number of halogens is 1. The van der Waals surface area contributed by atoms with Crippen molar-refractivity contribution in [3.8, 4) is 5.75 Å². The van der Waals surface area contributed by atoms with Crippen LogP contribution in [0, 0.1) is 6.92 Å². The number of alkyl halides is 1. The van der Waals surface area contributed by atoms with E-state index in [-0.39, 0.29) is 17.4 Å². The van der Waals surface area contributed by atoms with Crippen LogP contribution in [-0.4, -0.2) is 33.9 Å². The summed E-state index contributed by atoms with van der Waals surface area (Å²) in [5.74, 6) is 0.779. The third kappa shape index (κ3) is 4.18. The maximum absolute atomic E-state index is 14.0. The molecule has 164 valence electrons. The molecule has 8 nitrogen and oxygen atoms in total. The van der Waals surface area contributed by atoms with Crippen molar-refractivity contribution in [3.05, 3.63) is 51.6 Å². The number of ether oxygens (including phenoxy) is 2. The van der Waals surface area contributed by atoms with Gasteiger partial charge in [-0.1, -0.05) is 0 Å². The van der Waals surface area contributed by atoms with E-state index in [0.29, 0.717) is 47.9 Å². The van der Waals surface area contributed by atoms with E-state index in [1.165, 1.54) is 17.8 Å². The van der Waals surface area contributed by atoms with Gasteiger partial charge in [0.15, 0.2) is 5.75 Å². The highest BCUT2D eigenvalue weighted by molar-refractivity contribution is 5.87. The van der Waals surface area contributed by atoms with Crippen LogP contribution in [0.5, 0.6) is 5.75 Å². The zero-order valence-electron chi connectivity index (χ0n) is 17.8. The molecular weight excluding hydrogens is 401 g/mol. The molecule has 0 aliphatic carbocycles. The lowest BCUT2D eigenvalue weighted by atomic mass is 9.98. The van der Waals surface area contributed by atoms with Crippen LogP contribution in [0.15, 0.2) is 29.3 Å². The number of hydrogen-bond acceptors (Lipinski definition) is 7. The van der Waals surface area contributed by atoms with Crippen molar-refractivity contribution in [3.63, 3.8) is 0 Å². The van der Waals surface area contributed by atoms with Crippen molar-refractivity contribution in [2.24, 2.45) is 7.05 Å². The Labute approximate surface area is 179 Å². The maximum Gasteiger partial charge on any atom is 0.294 e. The van der Waals surface area contributed by atoms with Crippen molar-refractivity contribution in [1.82, 2.24) is 14.5 Å². The molecular formula is C22H26FN5O3. The molecule has 0 saturated carbocycles. The summed E-state index contributed by atoms with van der Waals surface area (Å²) in [5.41, 5.74) is 8.98. The van der Waals surface area contributed by atoms with Crippen LogP contribution in [0.4, 0.5) is 15.9 Å². The standard InChI is InChI=1S/C22H26FN5O3/c1-12-14(6-15(24)7-17(12)13(2)23)9-25-20-18-8-19(31-16-4-5-30-10-16)22(29)28(3)21(18)27-11-26-20/h6-8,11,13,16H,4-5,9-10,24H2,1-3H3,(H,25,26,27). The van der Waals surface area contributed by atoms with E-state index in [0.717, 1.165) is 17.5 Å². The van der Waals surface area contributed by atoms with Crippen LogP contribution in [0.1, 0.15) is 36.2 Å². The zero-order valence-corrected chi connectivity index (χ0v) is 17.8. The van der Waals surface area contributed by atoms with Crippen LogP contribution in [0.2, 0.25) is 0 Å². The molecule has 3 heterocycles. The minimum atomic E-state index is -1.11. The molecule has 3 aromatic rings. The highest BCUT2D eigenvalue weighted by Gasteiger charge is 2.21. The van der Waals surface area contributed by atoms with Crippen molar-refractivity contribution in [2.45, 2.75) is 39.1 Å². The Hall–Kier alpha value is -3.20. The summed E-state index contributed by atoms with van der Waals surface area (Å²) in [6.45, 7) is 4.83. The van der Waals surface area contributed by atoms with E-state index in [4.69, 9.17) is 15.2 Å². The first-order valence-electron chi connectivity index (χ1n) is 10.2. The number of anilines is 2. The van der Waals surface area contributed by atoms with E-state index in [9.17, 15) is 9.18 Å². The van der Waals surface area contributed by atoms with E-state index >= 15 is 0 Å². The Morgan fingerprint density at radius 3 is 2.90 bits per heavy atom. The fourth-order valence-corrected chi connectivity index (χ4v) is 3.85. The minimum Gasteiger partial charge on any atom is -0.482 e. The number of nitrogen functional groups attached to an aromatic ring is 1. The largest absolute Gasteiger partial charge is 0.482 e. The van der Waals surface area contributed by atoms with Crippen molar-refractivity contribution >= 4 is 22.5 Å². The maximum atomic E-state index is 14.0. The summed E-state index contributed by atoms with van der Waals surface area (Å²) in [6.07, 6.45) is 0.872. The molecule has 0 radical (unpaired) electrons. The molecule has 1 aliphatic rings. The topological polar surface area (TPSA) is 104 Å². The monoisotopic (exact) mass is 427 g/mol. The van der Waals surface area contributed by atoms with Gasteiger partial charge in [0.2, 0.25) is 0 Å². The summed E-state index contributed by atoms with van der Waals surface area (Å²) in [6, 6.07) is 5.15. The fourth-order valence-electron chi connectivity index (χ4n) is 3.85. The van der Waals surface area contributed by atoms with E-state index in [2.05, 4.69) is 15.3 Å². The van der Waals surface area contributed by atoms with Gasteiger partial charge >= 0.3 is 0 Å².